The Labute approximate surface area is 139 Å². The number of carbonyl (C=O) groups is 2. The summed E-state index contributed by atoms with van der Waals surface area (Å²) in [6.07, 6.45) is 1.81. The van der Waals surface area contributed by atoms with Gasteiger partial charge in [0, 0.05) is 18.7 Å². The van der Waals surface area contributed by atoms with E-state index in [-0.39, 0.29) is 29.8 Å². The molecule has 1 aromatic carbocycles. The number of benzene rings is 1. The number of rotatable bonds is 7. The zero-order valence-corrected chi connectivity index (χ0v) is 13.6. The Hall–Kier alpha value is -2.48. The van der Waals surface area contributed by atoms with Crippen LogP contribution in [-0.2, 0) is 4.79 Å². The van der Waals surface area contributed by atoms with E-state index in [9.17, 15) is 19.7 Å². The van der Waals surface area contributed by atoms with Gasteiger partial charge in [-0.05, 0) is 37.9 Å². The zero-order chi connectivity index (χ0) is 17.5. The van der Waals surface area contributed by atoms with Crippen molar-refractivity contribution in [3.05, 3.63) is 34.4 Å². The van der Waals surface area contributed by atoms with Crippen LogP contribution in [0.25, 0.3) is 0 Å². The first-order valence-corrected chi connectivity index (χ1v) is 7.98. The molecular formula is C16H21N3O5. The number of ketones is 1. The van der Waals surface area contributed by atoms with Gasteiger partial charge in [-0.3, -0.25) is 14.9 Å². The summed E-state index contributed by atoms with van der Waals surface area (Å²) in [5, 5.41) is 13.7. The first-order chi connectivity index (χ1) is 11.5. The van der Waals surface area contributed by atoms with Gasteiger partial charge in [-0.2, -0.15) is 0 Å². The maximum absolute atomic E-state index is 12.3. The molecule has 1 heterocycles. The van der Waals surface area contributed by atoms with Crippen molar-refractivity contribution >= 4 is 17.6 Å². The van der Waals surface area contributed by atoms with Gasteiger partial charge >= 0.3 is 6.09 Å². The molecule has 1 aromatic rings. The minimum atomic E-state index is -0.628. The van der Waals surface area contributed by atoms with Crippen molar-refractivity contribution in [3.8, 4) is 5.75 Å². The molecule has 2 rings (SSSR count). The number of carbonyl (C=O) groups excluding carboxylic acids is 2. The number of nitrogens with zero attached hydrogens (tertiary/aromatic N) is 2. The fourth-order valence-corrected chi connectivity index (χ4v) is 2.56. The Morgan fingerprint density at radius 2 is 2.08 bits per heavy atom. The van der Waals surface area contributed by atoms with Crippen molar-refractivity contribution in [2.75, 3.05) is 19.6 Å². The lowest BCUT2D eigenvalue weighted by atomic mass is 10.1. The van der Waals surface area contributed by atoms with Crippen LogP contribution in [0.5, 0.6) is 5.75 Å². The molecule has 130 valence electrons. The van der Waals surface area contributed by atoms with Crippen LogP contribution in [0, 0.1) is 10.1 Å². The van der Waals surface area contributed by atoms with E-state index < -0.39 is 11.0 Å². The van der Waals surface area contributed by atoms with Gasteiger partial charge in [-0.25, -0.2) is 4.79 Å². The molecule has 0 aliphatic carbocycles. The molecule has 8 heteroatoms. The van der Waals surface area contributed by atoms with Crippen molar-refractivity contribution in [2.24, 2.45) is 0 Å². The third-order valence-electron chi connectivity index (χ3n) is 3.80. The molecule has 1 saturated heterocycles. The third-order valence-corrected chi connectivity index (χ3v) is 3.80. The van der Waals surface area contributed by atoms with Gasteiger partial charge in [0.25, 0.3) is 5.69 Å². The molecular weight excluding hydrogens is 314 g/mol. The summed E-state index contributed by atoms with van der Waals surface area (Å²) >= 11 is 0. The normalized spacial score (nSPS) is 16.6. The largest absolute Gasteiger partial charge is 0.415 e. The van der Waals surface area contributed by atoms with E-state index in [1.165, 1.54) is 29.2 Å². The van der Waals surface area contributed by atoms with Gasteiger partial charge in [-0.1, -0.05) is 6.92 Å². The standard InChI is InChI=1S/C16H21N3O5/c1-2-10-18(11-15(20)14-4-3-9-17-14)16(21)24-13-7-5-12(6-8-13)19(22)23/h5-8,14,17H,2-4,9-11H2,1H3/t14-/m0/s1. The average molecular weight is 335 g/mol. The number of Topliss-reactive ketones (excluding diaryl/α,β-unsaturated/α-hetero) is 1. The summed E-state index contributed by atoms with van der Waals surface area (Å²) < 4.78 is 5.22. The second-order valence-electron chi connectivity index (χ2n) is 5.66. The lowest BCUT2D eigenvalue weighted by Crippen LogP contribution is -2.43. The summed E-state index contributed by atoms with van der Waals surface area (Å²) in [5.41, 5.74) is -0.0808. The van der Waals surface area contributed by atoms with Crippen molar-refractivity contribution < 1.29 is 19.2 Å². The Bertz CT molecular complexity index is 596. The maximum Gasteiger partial charge on any atom is 0.415 e. The first-order valence-electron chi connectivity index (χ1n) is 7.98. The highest BCUT2D eigenvalue weighted by molar-refractivity contribution is 5.88. The summed E-state index contributed by atoms with van der Waals surface area (Å²) in [6.45, 7) is 3.13. The zero-order valence-electron chi connectivity index (χ0n) is 13.6. The first kappa shape index (κ1) is 17.9. The molecule has 1 atom stereocenters. The van der Waals surface area contributed by atoms with E-state index in [4.69, 9.17) is 4.74 Å². The van der Waals surface area contributed by atoms with Gasteiger partial charge in [0.05, 0.1) is 17.5 Å². The second-order valence-corrected chi connectivity index (χ2v) is 5.66. The summed E-state index contributed by atoms with van der Waals surface area (Å²) in [4.78, 5) is 35.9. The number of nitro groups is 1. The van der Waals surface area contributed by atoms with Crippen LogP contribution in [0.3, 0.4) is 0 Å². The lowest BCUT2D eigenvalue weighted by Gasteiger charge is -2.22. The van der Waals surface area contributed by atoms with Gasteiger partial charge in [-0.15, -0.1) is 0 Å². The van der Waals surface area contributed by atoms with E-state index >= 15 is 0 Å². The van der Waals surface area contributed by atoms with E-state index in [2.05, 4.69) is 5.32 Å². The molecule has 1 fully saturated rings. The predicted octanol–water partition coefficient (Wildman–Crippen LogP) is 2.13. The van der Waals surface area contributed by atoms with Crippen molar-refractivity contribution in [1.29, 1.82) is 0 Å². The molecule has 1 aliphatic rings. The number of ether oxygens (including phenoxy) is 1. The average Bonchev–Trinajstić information content (AvgIpc) is 3.09. The van der Waals surface area contributed by atoms with Crippen molar-refractivity contribution in [2.45, 2.75) is 32.2 Å². The van der Waals surface area contributed by atoms with E-state index in [1.54, 1.807) is 0 Å². The molecule has 1 N–H and O–H groups in total. The fraction of sp³-hybridized carbons (Fsp3) is 0.500. The highest BCUT2D eigenvalue weighted by Gasteiger charge is 2.26. The van der Waals surface area contributed by atoms with Gasteiger partial charge in [0.1, 0.15) is 5.75 Å². The molecule has 1 aliphatic heterocycles. The van der Waals surface area contributed by atoms with Crippen LogP contribution < -0.4 is 10.1 Å². The van der Waals surface area contributed by atoms with Gasteiger partial charge < -0.3 is 15.0 Å². The summed E-state index contributed by atoms with van der Waals surface area (Å²) in [6, 6.07) is 5.05. The molecule has 8 nitrogen and oxygen atoms in total. The molecule has 0 spiro atoms. The molecule has 0 aromatic heterocycles. The smallest absolute Gasteiger partial charge is 0.410 e. The number of amides is 1. The van der Waals surface area contributed by atoms with Crippen molar-refractivity contribution in [1.82, 2.24) is 10.2 Å². The number of nitro benzene ring substituents is 1. The highest BCUT2D eigenvalue weighted by atomic mass is 16.6. The Balaban J connectivity index is 1.97. The van der Waals surface area contributed by atoms with Crippen LogP contribution in [0.15, 0.2) is 24.3 Å². The minimum absolute atomic E-state index is 0.00266. The number of hydrogen-bond acceptors (Lipinski definition) is 6. The topological polar surface area (TPSA) is 102 Å². The van der Waals surface area contributed by atoms with Crippen molar-refractivity contribution in [3.63, 3.8) is 0 Å². The van der Waals surface area contributed by atoms with Crippen LogP contribution in [0.1, 0.15) is 26.2 Å². The summed E-state index contributed by atoms with van der Waals surface area (Å²) in [7, 11) is 0. The van der Waals surface area contributed by atoms with Crippen LogP contribution in [0.4, 0.5) is 10.5 Å². The molecule has 0 bridgehead atoms. The van der Waals surface area contributed by atoms with Crippen LogP contribution in [0.2, 0.25) is 0 Å². The SMILES string of the molecule is CCCN(CC(=O)[C@@H]1CCCN1)C(=O)Oc1ccc([N+](=O)[O-])cc1. The molecule has 1 amide bonds. The molecule has 0 saturated carbocycles. The van der Waals surface area contributed by atoms with Crippen LogP contribution in [-0.4, -0.2) is 47.4 Å². The molecule has 24 heavy (non-hydrogen) atoms. The number of hydrogen-bond donors (Lipinski definition) is 1. The van der Waals surface area contributed by atoms with E-state index in [0.717, 1.165) is 19.4 Å². The number of nitrogens with one attached hydrogen (secondary N) is 1. The summed E-state index contributed by atoms with van der Waals surface area (Å²) in [5.74, 6) is 0.180. The minimum Gasteiger partial charge on any atom is -0.410 e. The van der Waals surface area contributed by atoms with E-state index in [1.807, 2.05) is 6.92 Å². The lowest BCUT2D eigenvalue weighted by molar-refractivity contribution is -0.384. The molecule has 0 unspecified atom stereocenters. The molecule has 0 radical (unpaired) electrons. The Morgan fingerprint density at radius 3 is 2.62 bits per heavy atom. The maximum atomic E-state index is 12.3. The third kappa shape index (κ3) is 4.76. The second kappa shape index (κ2) is 8.39. The Morgan fingerprint density at radius 1 is 1.38 bits per heavy atom. The fourth-order valence-electron chi connectivity index (χ4n) is 2.56. The van der Waals surface area contributed by atoms with E-state index in [0.29, 0.717) is 13.0 Å². The Kier molecular flexibility index (Phi) is 6.25. The highest BCUT2D eigenvalue weighted by Crippen LogP contribution is 2.18. The van der Waals surface area contributed by atoms with Gasteiger partial charge in [0.2, 0.25) is 0 Å². The predicted molar refractivity (Wildman–Crippen MR) is 87.0 cm³/mol. The quantitative estimate of drug-likeness (QED) is 0.605. The van der Waals surface area contributed by atoms with Gasteiger partial charge in [0.15, 0.2) is 5.78 Å². The monoisotopic (exact) mass is 335 g/mol. The number of non-ortho nitro benzene ring substituents is 1. The van der Waals surface area contributed by atoms with Crippen LogP contribution >= 0.6 is 0 Å².